The van der Waals surface area contributed by atoms with Gasteiger partial charge in [-0.3, -0.25) is 4.79 Å². The van der Waals surface area contributed by atoms with E-state index in [9.17, 15) is 4.79 Å². The largest absolute Gasteiger partial charge is 0.481 e. The van der Waals surface area contributed by atoms with Crippen molar-refractivity contribution in [2.24, 2.45) is 7.05 Å². The third-order valence-electron chi connectivity index (χ3n) is 4.13. The molecule has 0 aliphatic heterocycles. The molecule has 0 bridgehead atoms. The van der Waals surface area contributed by atoms with Crippen molar-refractivity contribution in [1.29, 1.82) is 0 Å². The maximum absolute atomic E-state index is 10.3. The summed E-state index contributed by atoms with van der Waals surface area (Å²) >= 11 is 0. The van der Waals surface area contributed by atoms with E-state index in [-0.39, 0.29) is 0 Å². The Bertz CT molecular complexity index is 364. The van der Waals surface area contributed by atoms with E-state index in [1.165, 1.54) is 70.6 Å². The number of rotatable bonds is 14. The van der Waals surface area contributed by atoms with Crippen LogP contribution in [0.4, 0.5) is 0 Å². The van der Waals surface area contributed by atoms with Crippen LogP contribution in [0.25, 0.3) is 0 Å². The van der Waals surface area contributed by atoms with E-state index in [1.807, 2.05) is 17.8 Å². The molecule has 24 heavy (non-hydrogen) atoms. The van der Waals surface area contributed by atoms with Crippen LogP contribution in [0, 0.1) is 0 Å². The summed E-state index contributed by atoms with van der Waals surface area (Å²) in [5.41, 5.74) is 0. The van der Waals surface area contributed by atoms with E-state index in [2.05, 4.69) is 11.9 Å². The quantitative estimate of drug-likeness (QED) is 0.425. The van der Waals surface area contributed by atoms with Crippen LogP contribution in [0.5, 0.6) is 0 Å². The molecule has 1 N–H and O–H groups in total. The lowest BCUT2D eigenvalue weighted by atomic mass is 10.0. The van der Waals surface area contributed by atoms with Crippen LogP contribution >= 0.6 is 0 Å². The highest BCUT2D eigenvalue weighted by molar-refractivity contribution is 5.66. The number of aliphatic carboxylic acids is 1. The van der Waals surface area contributed by atoms with E-state index in [0.29, 0.717) is 6.42 Å². The number of carboxylic acid groups (broad SMARTS) is 1. The fourth-order valence-electron chi connectivity index (χ4n) is 2.62. The minimum absolute atomic E-state index is 0.345. The number of aromatic nitrogens is 2. The first-order valence-corrected chi connectivity index (χ1v) is 9.80. The van der Waals surface area contributed by atoms with Gasteiger partial charge in [-0.05, 0) is 6.42 Å². The Morgan fingerprint density at radius 1 is 0.875 bits per heavy atom. The minimum Gasteiger partial charge on any atom is -0.481 e. The zero-order valence-electron chi connectivity index (χ0n) is 15.9. The van der Waals surface area contributed by atoms with E-state index in [4.69, 9.17) is 5.11 Å². The number of aryl methyl sites for hydroxylation is 1. The van der Waals surface area contributed by atoms with Crippen LogP contribution in [0.3, 0.4) is 0 Å². The van der Waals surface area contributed by atoms with Gasteiger partial charge >= 0.3 is 5.97 Å². The first kappa shape index (κ1) is 22.7. The van der Waals surface area contributed by atoms with Gasteiger partial charge in [0.25, 0.3) is 0 Å². The fraction of sp³-hybridized carbons (Fsp3) is 0.800. The van der Waals surface area contributed by atoms with Crippen LogP contribution in [-0.2, 0) is 11.8 Å². The van der Waals surface area contributed by atoms with E-state index in [1.54, 1.807) is 12.5 Å². The summed E-state index contributed by atoms with van der Waals surface area (Å²) in [6, 6.07) is 0. The Balaban J connectivity index is 0.000000728. The molecule has 0 atom stereocenters. The Labute approximate surface area is 148 Å². The van der Waals surface area contributed by atoms with Crippen molar-refractivity contribution in [1.82, 2.24) is 9.55 Å². The molecule has 0 aliphatic carbocycles. The Hall–Kier alpha value is -1.32. The molecule has 0 aliphatic rings. The highest BCUT2D eigenvalue weighted by Crippen LogP contribution is 2.12. The molecule has 4 nitrogen and oxygen atoms in total. The third kappa shape index (κ3) is 18.7. The molecule has 0 fully saturated rings. The van der Waals surface area contributed by atoms with Crippen LogP contribution < -0.4 is 0 Å². The molecule has 0 saturated carbocycles. The van der Waals surface area contributed by atoms with Gasteiger partial charge in [0.1, 0.15) is 0 Å². The Morgan fingerprint density at radius 3 is 1.62 bits per heavy atom. The number of imidazole rings is 1. The summed E-state index contributed by atoms with van der Waals surface area (Å²) in [6.45, 7) is 2.26. The maximum Gasteiger partial charge on any atom is 0.303 e. The van der Waals surface area contributed by atoms with E-state index >= 15 is 0 Å². The van der Waals surface area contributed by atoms with Gasteiger partial charge in [0.2, 0.25) is 0 Å². The number of hydrogen-bond acceptors (Lipinski definition) is 2. The molecule has 4 heteroatoms. The van der Waals surface area contributed by atoms with Crippen molar-refractivity contribution >= 4 is 5.97 Å². The second-order valence-corrected chi connectivity index (χ2v) is 6.61. The lowest BCUT2D eigenvalue weighted by Gasteiger charge is -2.02. The Kier molecular flexibility index (Phi) is 17.0. The first-order chi connectivity index (χ1) is 11.7. The second kappa shape index (κ2) is 18.0. The summed E-state index contributed by atoms with van der Waals surface area (Å²) in [7, 11) is 1.94. The van der Waals surface area contributed by atoms with Gasteiger partial charge in [-0.15, -0.1) is 0 Å². The van der Waals surface area contributed by atoms with Gasteiger partial charge < -0.3 is 9.67 Å². The Morgan fingerprint density at radius 2 is 1.33 bits per heavy atom. The van der Waals surface area contributed by atoms with Crippen molar-refractivity contribution in [3.05, 3.63) is 18.7 Å². The average Bonchev–Trinajstić information content (AvgIpc) is 3.03. The van der Waals surface area contributed by atoms with Crippen LogP contribution in [0.2, 0.25) is 0 Å². The van der Waals surface area contributed by atoms with Gasteiger partial charge in [0.15, 0.2) is 0 Å². The van der Waals surface area contributed by atoms with Crippen molar-refractivity contribution in [3.63, 3.8) is 0 Å². The minimum atomic E-state index is -0.655. The molecule has 0 amide bonds. The normalized spacial score (nSPS) is 10.2. The maximum atomic E-state index is 10.3. The highest BCUT2D eigenvalue weighted by atomic mass is 16.4. The van der Waals surface area contributed by atoms with Crippen LogP contribution in [0.15, 0.2) is 18.7 Å². The molecule has 140 valence electrons. The predicted molar refractivity (Wildman–Crippen MR) is 101 cm³/mol. The molecule has 0 unspecified atom stereocenters. The summed E-state index contributed by atoms with van der Waals surface area (Å²) in [5, 5.41) is 8.49. The third-order valence-corrected chi connectivity index (χ3v) is 4.13. The van der Waals surface area contributed by atoms with Crippen molar-refractivity contribution in [2.75, 3.05) is 0 Å². The summed E-state index contributed by atoms with van der Waals surface area (Å²) < 4.78 is 1.89. The molecular formula is C20H38N2O2. The predicted octanol–water partition coefficient (Wildman–Crippen LogP) is 5.97. The van der Waals surface area contributed by atoms with E-state index in [0.717, 1.165) is 12.8 Å². The van der Waals surface area contributed by atoms with Gasteiger partial charge in [-0.2, -0.15) is 0 Å². The summed E-state index contributed by atoms with van der Waals surface area (Å²) in [5.74, 6) is -0.655. The zero-order chi connectivity index (χ0) is 17.9. The molecule has 1 aromatic heterocycles. The molecule has 1 heterocycles. The number of carbonyl (C=O) groups is 1. The lowest BCUT2D eigenvalue weighted by molar-refractivity contribution is -0.137. The van der Waals surface area contributed by atoms with Gasteiger partial charge in [-0.1, -0.05) is 84.0 Å². The van der Waals surface area contributed by atoms with E-state index < -0.39 is 5.97 Å². The SMILES string of the molecule is CCCCCCCCCCCCCCCC(=O)O.Cn1ccnc1. The fourth-order valence-corrected chi connectivity index (χ4v) is 2.62. The van der Waals surface area contributed by atoms with Crippen molar-refractivity contribution in [3.8, 4) is 0 Å². The monoisotopic (exact) mass is 338 g/mol. The van der Waals surface area contributed by atoms with Crippen molar-refractivity contribution < 1.29 is 9.90 Å². The molecular weight excluding hydrogens is 300 g/mol. The van der Waals surface area contributed by atoms with Crippen molar-refractivity contribution in [2.45, 2.75) is 96.8 Å². The van der Waals surface area contributed by atoms with Gasteiger partial charge in [0.05, 0.1) is 6.33 Å². The first-order valence-electron chi connectivity index (χ1n) is 9.80. The summed E-state index contributed by atoms with van der Waals surface area (Å²) in [6.07, 6.45) is 22.7. The lowest BCUT2D eigenvalue weighted by Crippen LogP contribution is -1.93. The average molecular weight is 339 g/mol. The molecule has 0 aromatic carbocycles. The topological polar surface area (TPSA) is 55.1 Å². The zero-order valence-corrected chi connectivity index (χ0v) is 15.9. The number of nitrogens with zero attached hydrogens (tertiary/aromatic N) is 2. The van der Waals surface area contributed by atoms with Crippen LogP contribution in [0.1, 0.15) is 96.8 Å². The molecule has 0 spiro atoms. The molecule has 1 rings (SSSR count). The molecule has 0 radical (unpaired) electrons. The molecule has 0 saturated heterocycles. The smallest absolute Gasteiger partial charge is 0.303 e. The number of unbranched alkanes of at least 4 members (excludes halogenated alkanes) is 12. The standard InChI is InChI=1S/C16H32O2.C4H6N2/c1-2-3-4-5-6-7-8-9-10-11-12-13-14-15-16(17)18;1-6-3-2-5-4-6/h2-15H2,1H3,(H,17,18);2-4H,1H3. The molecule has 1 aromatic rings. The number of hydrogen-bond donors (Lipinski definition) is 1. The van der Waals surface area contributed by atoms with Crippen LogP contribution in [-0.4, -0.2) is 20.6 Å². The van der Waals surface area contributed by atoms with Gasteiger partial charge in [0, 0.05) is 25.9 Å². The number of carboxylic acids is 1. The highest BCUT2D eigenvalue weighted by Gasteiger charge is 1.96. The summed E-state index contributed by atoms with van der Waals surface area (Å²) in [4.78, 5) is 14.1. The van der Waals surface area contributed by atoms with Gasteiger partial charge in [-0.25, -0.2) is 4.98 Å². The second-order valence-electron chi connectivity index (χ2n) is 6.61.